The highest BCUT2D eigenvalue weighted by molar-refractivity contribution is 9.10. The molecule has 1 N–H and O–H groups in total. The second-order valence-electron chi connectivity index (χ2n) is 4.71. The Morgan fingerprint density at radius 3 is 2.27 bits per heavy atom. The normalized spacial score (nSPS) is 18.1. The Morgan fingerprint density at radius 2 is 1.80 bits per heavy atom. The molecule has 15 heavy (non-hydrogen) atoms. The van der Waals surface area contributed by atoms with Crippen LogP contribution in [0.4, 0.5) is 0 Å². The van der Waals surface area contributed by atoms with Gasteiger partial charge < -0.3 is 5.32 Å². The molecule has 0 bridgehead atoms. The van der Waals surface area contributed by atoms with Gasteiger partial charge in [0.05, 0.1) is 0 Å². The number of benzene rings is 1. The molecule has 2 heteroatoms. The topological polar surface area (TPSA) is 12.0 Å². The number of rotatable bonds is 4. The van der Waals surface area contributed by atoms with Gasteiger partial charge in [-0.25, -0.2) is 0 Å². The first-order valence-electron chi connectivity index (χ1n) is 5.68. The Labute approximate surface area is 100 Å². The molecule has 1 saturated carbocycles. The van der Waals surface area contributed by atoms with Crippen molar-refractivity contribution in [3.63, 3.8) is 0 Å². The molecule has 2 rings (SSSR count). The van der Waals surface area contributed by atoms with Crippen molar-refractivity contribution in [3.05, 3.63) is 34.3 Å². The van der Waals surface area contributed by atoms with Crippen molar-refractivity contribution in [2.45, 2.75) is 38.8 Å². The van der Waals surface area contributed by atoms with Crippen LogP contribution in [0.2, 0.25) is 0 Å². The summed E-state index contributed by atoms with van der Waals surface area (Å²) >= 11 is 3.47. The van der Waals surface area contributed by atoms with Crippen LogP contribution in [0.15, 0.2) is 28.7 Å². The van der Waals surface area contributed by atoms with Gasteiger partial charge in [-0.3, -0.25) is 0 Å². The summed E-state index contributed by atoms with van der Waals surface area (Å²) < 4.78 is 1.15. The van der Waals surface area contributed by atoms with Crippen LogP contribution in [0, 0.1) is 5.92 Å². The first-order valence-corrected chi connectivity index (χ1v) is 6.47. The second-order valence-corrected chi connectivity index (χ2v) is 5.63. The minimum atomic E-state index is 0.505. The SMILES string of the molecule is CC(C)C(NC1CC1)c1ccc(Br)cc1. The molecule has 0 aliphatic heterocycles. The molecular formula is C13H18BrN. The summed E-state index contributed by atoms with van der Waals surface area (Å²) in [5, 5.41) is 3.71. The summed E-state index contributed by atoms with van der Waals surface area (Å²) in [5.74, 6) is 0.645. The molecular weight excluding hydrogens is 250 g/mol. The lowest BCUT2D eigenvalue weighted by Gasteiger charge is -2.23. The first kappa shape index (κ1) is 11.2. The van der Waals surface area contributed by atoms with Gasteiger partial charge in [-0.15, -0.1) is 0 Å². The smallest absolute Gasteiger partial charge is 0.0345 e. The predicted octanol–water partition coefficient (Wildman–Crippen LogP) is 3.90. The third-order valence-corrected chi connectivity index (χ3v) is 3.42. The van der Waals surface area contributed by atoms with Crippen LogP contribution in [0.3, 0.4) is 0 Å². The molecule has 1 aliphatic carbocycles. The fraction of sp³-hybridized carbons (Fsp3) is 0.538. The van der Waals surface area contributed by atoms with Crippen LogP contribution >= 0.6 is 15.9 Å². The third kappa shape index (κ3) is 3.05. The largest absolute Gasteiger partial charge is 0.307 e. The van der Waals surface area contributed by atoms with Crippen molar-refractivity contribution in [2.24, 2.45) is 5.92 Å². The van der Waals surface area contributed by atoms with E-state index < -0.39 is 0 Å². The summed E-state index contributed by atoms with van der Waals surface area (Å²) in [4.78, 5) is 0. The lowest BCUT2D eigenvalue weighted by atomic mass is 9.96. The van der Waals surface area contributed by atoms with Crippen LogP contribution in [-0.4, -0.2) is 6.04 Å². The number of hydrogen-bond acceptors (Lipinski definition) is 1. The molecule has 1 atom stereocenters. The highest BCUT2D eigenvalue weighted by atomic mass is 79.9. The van der Waals surface area contributed by atoms with Crippen LogP contribution in [0.25, 0.3) is 0 Å². The summed E-state index contributed by atoms with van der Waals surface area (Å²) in [6, 6.07) is 9.94. The van der Waals surface area contributed by atoms with Gasteiger partial charge in [0.1, 0.15) is 0 Å². The zero-order chi connectivity index (χ0) is 10.8. The maximum absolute atomic E-state index is 3.71. The van der Waals surface area contributed by atoms with Crippen molar-refractivity contribution in [1.29, 1.82) is 0 Å². The number of halogens is 1. The summed E-state index contributed by atoms with van der Waals surface area (Å²) in [6.07, 6.45) is 2.69. The van der Waals surface area contributed by atoms with E-state index >= 15 is 0 Å². The van der Waals surface area contributed by atoms with E-state index in [9.17, 15) is 0 Å². The minimum Gasteiger partial charge on any atom is -0.307 e. The monoisotopic (exact) mass is 267 g/mol. The third-order valence-electron chi connectivity index (χ3n) is 2.89. The predicted molar refractivity (Wildman–Crippen MR) is 67.9 cm³/mol. The van der Waals surface area contributed by atoms with E-state index in [4.69, 9.17) is 0 Å². The van der Waals surface area contributed by atoms with E-state index in [-0.39, 0.29) is 0 Å². The highest BCUT2D eigenvalue weighted by Crippen LogP contribution is 2.29. The van der Waals surface area contributed by atoms with Crippen LogP contribution < -0.4 is 5.32 Å². The van der Waals surface area contributed by atoms with E-state index in [1.165, 1.54) is 18.4 Å². The van der Waals surface area contributed by atoms with Gasteiger partial charge in [0, 0.05) is 16.6 Å². The number of nitrogens with one attached hydrogen (secondary N) is 1. The fourth-order valence-corrected chi connectivity index (χ4v) is 2.11. The zero-order valence-corrected chi connectivity index (χ0v) is 10.9. The molecule has 0 aromatic heterocycles. The lowest BCUT2D eigenvalue weighted by molar-refractivity contribution is 0.409. The quantitative estimate of drug-likeness (QED) is 0.873. The van der Waals surface area contributed by atoms with E-state index in [1.54, 1.807) is 0 Å². The standard InChI is InChI=1S/C13H18BrN/c1-9(2)13(15-12-7-8-12)10-3-5-11(14)6-4-10/h3-6,9,12-13,15H,7-8H2,1-2H3. The Balaban J connectivity index is 2.11. The molecule has 0 amide bonds. The van der Waals surface area contributed by atoms with Gasteiger partial charge in [0.15, 0.2) is 0 Å². The minimum absolute atomic E-state index is 0.505. The maximum Gasteiger partial charge on any atom is 0.0345 e. The van der Waals surface area contributed by atoms with Crippen LogP contribution in [-0.2, 0) is 0 Å². The summed E-state index contributed by atoms with van der Waals surface area (Å²) in [5.41, 5.74) is 1.40. The molecule has 1 nitrogen and oxygen atoms in total. The van der Waals surface area contributed by atoms with E-state index in [2.05, 4.69) is 59.4 Å². The fourth-order valence-electron chi connectivity index (χ4n) is 1.85. The van der Waals surface area contributed by atoms with Crippen LogP contribution in [0.5, 0.6) is 0 Å². The molecule has 1 fully saturated rings. The number of hydrogen-bond donors (Lipinski definition) is 1. The van der Waals surface area contributed by atoms with Gasteiger partial charge in [-0.2, -0.15) is 0 Å². The molecule has 0 heterocycles. The first-order chi connectivity index (χ1) is 7.16. The molecule has 1 aromatic rings. The Bertz CT molecular complexity index is 314. The highest BCUT2D eigenvalue weighted by Gasteiger charge is 2.26. The van der Waals surface area contributed by atoms with Gasteiger partial charge in [0.2, 0.25) is 0 Å². The van der Waals surface area contributed by atoms with E-state index in [1.807, 2.05) is 0 Å². The summed E-state index contributed by atoms with van der Waals surface area (Å²) in [7, 11) is 0. The average molecular weight is 268 g/mol. The van der Waals surface area contributed by atoms with Gasteiger partial charge in [0.25, 0.3) is 0 Å². The molecule has 1 aliphatic rings. The van der Waals surface area contributed by atoms with E-state index in [0.29, 0.717) is 12.0 Å². The zero-order valence-electron chi connectivity index (χ0n) is 9.33. The van der Waals surface area contributed by atoms with E-state index in [0.717, 1.165) is 10.5 Å². The van der Waals surface area contributed by atoms with Gasteiger partial charge in [-0.05, 0) is 36.5 Å². The average Bonchev–Trinajstić information content (AvgIpc) is 2.99. The van der Waals surface area contributed by atoms with Crippen molar-refractivity contribution < 1.29 is 0 Å². The van der Waals surface area contributed by atoms with Crippen molar-refractivity contribution in [3.8, 4) is 0 Å². The second kappa shape index (κ2) is 4.67. The van der Waals surface area contributed by atoms with Gasteiger partial charge in [-0.1, -0.05) is 41.9 Å². The van der Waals surface area contributed by atoms with Crippen molar-refractivity contribution in [2.75, 3.05) is 0 Å². The molecule has 1 unspecified atom stereocenters. The molecule has 0 radical (unpaired) electrons. The molecule has 82 valence electrons. The van der Waals surface area contributed by atoms with Crippen molar-refractivity contribution in [1.82, 2.24) is 5.32 Å². The van der Waals surface area contributed by atoms with Gasteiger partial charge >= 0.3 is 0 Å². The summed E-state index contributed by atoms with van der Waals surface area (Å²) in [6.45, 7) is 4.56. The Morgan fingerprint density at radius 1 is 1.20 bits per heavy atom. The molecule has 0 spiro atoms. The Kier molecular flexibility index (Phi) is 3.47. The molecule has 0 saturated heterocycles. The molecule has 1 aromatic carbocycles. The van der Waals surface area contributed by atoms with Crippen LogP contribution in [0.1, 0.15) is 38.3 Å². The Hall–Kier alpha value is -0.340. The van der Waals surface area contributed by atoms with Crippen molar-refractivity contribution >= 4 is 15.9 Å². The lowest BCUT2D eigenvalue weighted by Crippen LogP contribution is -2.27. The maximum atomic E-state index is 3.71.